The van der Waals surface area contributed by atoms with Crippen molar-refractivity contribution in [1.29, 1.82) is 0 Å². The number of ether oxygens (including phenoxy) is 4. The maximum absolute atomic E-state index is 12.0. The van der Waals surface area contributed by atoms with Crippen LogP contribution in [-0.2, 0) is 14.3 Å². The van der Waals surface area contributed by atoms with E-state index in [-0.39, 0.29) is 11.5 Å². The van der Waals surface area contributed by atoms with E-state index in [1.54, 1.807) is 30.3 Å². The van der Waals surface area contributed by atoms with Crippen LogP contribution >= 0.6 is 0 Å². The number of aromatic hydroxyl groups is 1. The van der Waals surface area contributed by atoms with Gasteiger partial charge in [-0.1, -0.05) is 6.07 Å². The fourth-order valence-corrected chi connectivity index (χ4v) is 2.24. The predicted molar refractivity (Wildman–Crippen MR) is 103 cm³/mol. The van der Waals surface area contributed by atoms with Gasteiger partial charge in [-0.2, -0.15) is 0 Å². The maximum Gasteiger partial charge on any atom is 0.331 e. The molecule has 28 heavy (non-hydrogen) atoms. The number of esters is 1. The second kappa shape index (κ2) is 9.86. The van der Waals surface area contributed by atoms with Crippen molar-refractivity contribution >= 4 is 23.6 Å². The number of anilines is 1. The fraction of sp³-hybridized carbons (Fsp3) is 0.200. The fourth-order valence-electron chi connectivity index (χ4n) is 2.24. The van der Waals surface area contributed by atoms with E-state index in [9.17, 15) is 14.7 Å². The zero-order valence-electron chi connectivity index (χ0n) is 15.7. The van der Waals surface area contributed by atoms with Gasteiger partial charge in [-0.25, -0.2) is 4.79 Å². The molecule has 0 aliphatic heterocycles. The van der Waals surface area contributed by atoms with Gasteiger partial charge in [-0.15, -0.1) is 0 Å². The van der Waals surface area contributed by atoms with E-state index in [1.807, 2.05) is 0 Å². The normalized spacial score (nSPS) is 10.4. The van der Waals surface area contributed by atoms with Gasteiger partial charge in [0, 0.05) is 12.1 Å². The minimum Gasteiger partial charge on any atom is -0.504 e. The van der Waals surface area contributed by atoms with E-state index in [0.29, 0.717) is 22.7 Å². The molecule has 0 aliphatic rings. The van der Waals surface area contributed by atoms with Crippen LogP contribution in [-0.4, -0.2) is 44.9 Å². The number of hydrogen-bond donors (Lipinski definition) is 2. The SMILES string of the molecule is COc1ccc(OC)c(NC(=O)COC(=O)/C=C/c2ccc(O)c(OC)c2)c1. The molecule has 1 amide bonds. The second-order valence-electron chi connectivity index (χ2n) is 5.49. The van der Waals surface area contributed by atoms with Crippen LogP contribution in [0.5, 0.6) is 23.0 Å². The van der Waals surface area contributed by atoms with Gasteiger partial charge in [-0.05, 0) is 35.9 Å². The Morgan fingerprint density at radius 3 is 2.43 bits per heavy atom. The van der Waals surface area contributed by atoms with Crippen LogP contribution < -0.4 is 19.5 Å². The monoisotopic (exact) mass is 387 g/mol. The standard InChI is InChI=1S/C20H21NO7/c1-25-14-6-8-17(26-2)15(11-14)21-19(23)12-28-20(24)9-5-13-4-7-16(22)18(10-13)27-3/h4-11,22H,12H2,1-3H3,(H,21,23)/b9-5+. The van der Waals surface area contributed by atoms with Gasteiger partial charge in [0.2, 0.25) is 0 Å². The summed E-state index contributed by atoms with van der Waals surface area (Å²) in [5.74, 6) is 0.0374. The van der Waals surface area contributed by atoms with Crippen molar-refractivity contribution in [2.75, 3.05) is 33.3 Å². The molecule has 0 heterocycles. The molecule has 8 nitrogen and oxygen atoms in total. The van der Waals surface area contributed by atoms with Crippen molar-refractivity contribution in [3.8, 4) is 23.0 Å². The number of carbonyl (C=O) groups is 2. The molecular weight excluding hydrogens is 366 g/mol. The Kier molecular flexibility index (Phi) is 7.27. The van der Waals surface area contributed by atoms with Crippen LogP contribution in [0.2, 0.25) is 0 Å². The molecule has 2 aromatic rings. The summed E-state index contributed by atoms with van der Waals surface area (Å²) in [5, 5.41) is 12.1. The molecule has 2 aromatic carbocycles. The highest BCUT2D eigenvalue weighted by Crippen LogP contribution is 2.29. The second-order valence-corrected chi connectivity index (χ2v) is 5.49. The molecule has 2 N–H and O–H groups in total. The first-order valence-electron chi connectivity index (χ1n) is 8.20. The van der Waals surface area contributed by atoms with Crippen LogP contribution in [0.25, 0.3) is 6.08 Å². The molecular formula is C20H21NO7. The zero-order valence-corrected chi connectivity index (χ0v) is 15.7. The maximum atomic E-state index is 12.0. The van der Waals surface area contributed by atoms with Crippen molar-refractivity contribution in [3.05, 3.63) is 48.0 Å². The average molecular weight is 387 g/mol. The van der Waals surface area contributed by atoms with E-state index in [0.717, 1.165) is 0 Å². The molecule has 2 rings (SSSR count). The molecule has 0 spiro atoms. The molecule has 0 saturated carbocycles. The minimum absolute atomic E-state index is 0.00753. The number of hydrogen-bond acceptors (Lipinski definition) is 7. The number of amides is 1. The Morgan fingerprint density at radius 2 is 1.75 bits per heavy atom. The molecule has 0 unspecified atom stereocenters. The summed E-state index contributed by atoms with van der Waals surface area (Å²) in [6, 6.07) is 9.53. The Balaban J connectivity index is 1.91. The number of phenols is 1. The number of phenolic OH excluding ortho intramolecular Hbond substituents is 1. The van der Waals surface area contributed by atoms with E-state index in [2.05, 4.69) is 5.32 Å². The van der Waals surface area contributed by atoms with Gasteiger partial charge in [0.05, 0.1) is 27.0 Å². The molecule has 0 radical (unpaired) electrons. The summed E-state index contributed by atoms with van der Waals surface area (Å²) in [7, 11) is 4.40. The summed E-state index contributed by atoms with van der Waals surface area (Å²) in [4.78, 5) is 23.8. The van der Waals surface area contributed by atoms with Crippen molar-refractivity contribution in [2.45, 2.75) is 0 Å². The van der Waals surface area contributed by atoms with Crippen molar-refractivity contribution in [2.24, 2.45) is 0 Å². The molecule has 0 aliphatic carbocycles. The van der Waals surface area contributed by atoms with Crippen molar-refractivity contribution in [1.82, 2.24) is 0 Å². The number of nitrogens with one attached hydrogen (secondary N) is 1. The third-order valence-electron chi connectivity index (χ3n) is 3.64. The number of methoxy groups -OCH3 is 3. The van der Waals surface area contributed by atoms with Crippen LogP contribution in [0.1, 0.15) is 5.56 Å². The molecule has 148 valence electrons. The third-order valence-corrected chi connectivity index (χ3v) is 3.64. The lowest BCUT2D eigenvalue weighted by atomic mass is 10.2. The van der Waals surface area contributed by atoms with Crippen LogP contribution in [0.15, 0.2) is 42.5 Å². The lowest BCUT2D eigenvalue weighted by Gasteiger charge is -2.11. The summed E-state index contributed by atoms with van der Waals surface area (Å²) < 4.78 is 20.2. The van der Waals surface area contributed by atoms with Crippen molar-refractivity contribution < 1.29 is 33.6 Å². The van der Waals surface area contributed by atoms with Crippen LogP contribution in [0, 0.1) is 0 Å². The highest BCUT2D eigenvalue weighted by Gasteiger charge is 2.11. The van der Waals surface area contributed by atoms with E-state index >= 15 is 0 Å². The molecule has 0 atom stereocenters. The Hall–Kier alpha value is -3.68. The average Bonchev–Trinajstić information content (AvgIpc) is 2.71. The number of benzene rings is 2. The van der Waals surface area contributed by atoms with Gasteiger partial charge < -0.3 is 29.4 Å². The Bertz CT molecular complexity index is 877. The van der Waals surface area contributed by atoms with Crippen LogP contribution in [0.4, 0.5) is 5.69 Å². The summed E-state index contributed by atoms with van der Waals surface area (Å²) in [5.41, 5.74) is 1.02. The topological polar surface area (TPSA) is 103 Å². The molecule has 0 fully saturated rings. The first-order valence-corrected chi connectivity index (χ1v) is 8.20. The van der Waals surface area contributed by atoms with Gasteiger partial charge in [-0.3, -0.25) is 4.79 Å². The Labute approximate surface area is 162 Å². The first-order chi connectivity index (χ1) is 13.5. The van der Waals surface area contributed by atoms with E-state index in [1.165, 1.54) is 39.5 Å². The molecule has 0 aromatic heterocycles. The molecule has 8 heteroatoms. The highest BCUT2D eigenvalue weighted by atomic mass is 16.5. The highest BCUT2D eigenvalue weighted by molar-refractivity contribution is 5.95. The summed E-state index contributed by atoms with van der Waals surface area (Å²) in [6.07, 6.45) is 2.65. The predicted octanol–water partition coefficient (Wildman–Crippen LogP) is 2.61. The number of carbonyl (C=O) groups excluding carboxylic acids is 2. The minimum atomic E-state index is -0.695. The third kappa shape index (κ3) is 5.66. The smallest absolute Gasteiger partial charge is 0.331 e. The summed E-state index contributed by atoms with van der Waals surface area (Å²) in [6.45, 7) is -0.470. The van der Waals surface area contributed by atoms with Gasteiger partial charge >= 0.3 is 5.97 Å². The molecule has 0 saturated heterocycles. The lowest BCUT2D eigenvalue weighted by Crippen LogP contribution is -2.20. The largest absolute Gasteiger partial charge is 0.504 e. The number of rotatable bonds is 8. The van der Waals surface area contributed by atoms with E-state index < -0.39 is 18.5 Å². The summed E-state index contributed by atoms with van der Waals surface area (Å²) >= 11 is 0. The van der Waals surface area contributed by atoms with Crippen LogP contribution in [0.3, 0.4) is 0 Å². The molecule has 0 bridgehead atoms. The van der Waals surface area contributed by atoms with E-state index in [4.69, 9.17) is 18.9 Å². The van der Waals surface area contributed by atoms with Gasteiger partial charge in [0.25, 0.3) is 5.91 Å². The van der Waals surface area contributed by atoms with Gasteiger partial charge in [0.1, 0.15) is 11.5 Å². The zero-order chi connectivity index (χ0) is 20.5. The first kappa shape index (κ1) is 20.6. The quantitative estimate of drug-likeness (QED) is 0.530. The Morgan fingerprint density at radius 1 is 1.00 bits per heavy atom. The lowest BCUT2D eigenvalue weighted by molar-refractivity contribution is -0.142. The van der Waals surface area contributed by atoms with Gasteiger partial charge in [0.15, 0.2) is 18.1 Å². The van der Waals surface area contributed by atoms with Crippen molar-refractivity contribution in [3.63, 3.8) is 0 Å².